The van der Waals surface area contributed by atoms with Crippen LogP contribution in [0.3, 0.4) is 0 Å². The maximum atomic E-state index is 6.74. The molecular formula is C51H34O. The van der Waals surface area contributed by atoms with Gasteiger partial charge in [-0.05, 0) is 101 Å². The topological polar surface area (TPSA) is 13.1 Å². The van der Waals surface area contributed by atoms with E-state index in [1.54, 1.807) is 0 Å². The second kappa shape index (κ2) is 10.8. The molecule has 0 fully saturated rings. The summed E-state index contributed by atoms with van der Waals surface area (Å²) < 4.78 is 6.74. The highest BCUT2D eigenvalue weighted by molar-refractivity contribution is 6.23. The van der Waals surface area contributed by atoms with Gasteiger partial charge in [-0.1, -0.05) is 166 Å². The maximum absolute atomic E-state index is 6.74. The van der Waals surface area contributed by atoms with Crippen molar-refractivity contribution in [1.82, 2.24) is 0 Å². The van der Waals surface area contributed by atoms with Crippen LogP contribution in [0, 0.1) is 0 Å². The molecule has 0 saturated heterocycles. The van der Waals surface area contributed by atoms with Crippen LogP contribution in [0.15, 0.2) is 174 Å². The molecule has 0 saturated carbocycles. The molecule has 1 aromatic heterocycles. The fourth-order valence-electron chi connectivity index (χ4n) is 9.21. The second-order valence-electron chi connectivity index (χ2n) is 14.8. The molecule has 10 aromatic rings. The summed E-state index contributed by atoms with van der Waals surface area (Å²) in [6, 6.07) is 62.3. The van der Waals surface area contributed by atoms with Crippen LogP contribution in [0.4, 0.5) is 0 Å². The van der Waals surface area contributed by atoms with Gasteiger partial charge in [0.2, 0.25) is 0 Å². The third-order valence-electron chi connectivity index (χ3n) is 11.6. The van der Waals surface area contributed by atoms with Gasteiger partial charge in [-0.25, -0.2) is 0 Å². The van der Waals surface area contributed by atoms with Gasteiger partial charge in [-0.15, -0.1) is 0 Å². The molecule has 0 radical (unpaired) electrons. The number of hydrogen-bond acceptors (Lipinski definition) is 1. The molecule has 9 aromatic carbocycles. The van der Waals surface area contributed by atoms with E-state index in [9.17, 15) is 0 Å². The van der Waals surface area contributed by atoms with E-state index < -0.39 is 0 Å². The van der Waals surface area contributed by atoms with Crippen molar-refractivity contribution in [2.24, 2.45) is 0 Å². The first kappa shape index (κ1) is 29.3. The van der Waals surface area contributed by atoms with Gasteiger partial charge in [0, 0.05) is 21.8 Å². The van der Waals surface area contributed by atoms with Gasteiger partial charge in [-0.2, -0.15) is 0 Å². The van der Waals surface area contributed by atoms with E-state index in [2.05, 4.69) is 184 Å². The fraction of sp³-hybridized carbons (Fsp3) is 0.0588. The lowest BCUT2D eigenvalue weighted by Crippen LogP contribution is -2.14. The molecule has 52 heavy (non-hydrogen) atoms. The summed E-state index contributed by atoms with van der Waals surface area (Å²) in [7, 11) is 0. The van der Waals surface area contributed by atoms with E-state index in [0.29, 0.717) is 0 Å². The number of furan rings is 1. The summed E-state index contributed by atoms with van der Waals surface area (Å²) in [5, 5.41) is 9.94. The van der Waals surface area contributed by atoms with Gasteiger partial charge < -0.3 is 4.42 Å². The van der Waals surface area contributed by atoms with Gasteiger partial charge in [0.25, 0.3) is 0 Å². The second-order valence-corrected chi connectivity index (χ2v) is 14.8. The standard InChI is InChI=1S/C51H34O/c1-51(2)43-27-26-42-48-36-18-7-6-13-31(36)24-28-45(48)52-50(42)49(43)41-25-23-34(30-44(41)51)33-16-12-17-35(29-33)47-39-21-10-8-19-37(39)46(32-14-4-3-5-15-32)38-20-9-11-22-40(38)47/h3-30H,1-2H3. The average Bonchev–Trinajstić information content (AvgIpc) is 3.69. The van der Waals surface area contributed by atoms with Gasteiger partial charge in [0.15, 0.2) is 0 Å². The minimum Gasteiger partial charge on any atom is -0.455 e. The SMILES string of the molecule is CC1(C)c2cc(-c3cccc(-c4c5ccccc5c(-c5ccccc5)c5ccccc45)c3)ccc2-c2c1ccc1c2oc2ccc3ccccc3c21. The first-order valence-electron chi connectivity index (χ1n) is 18.2. The molecule has 0 bridgehead atoms. The summed E-state index contributed by atoms with van der Waals surface area (Å²) in [5.41, 5.74) is 14.4. The Morgan fingerprint density at radius 3 is 1.71 bits per heavy atom. The van der Waals surface area contributed by atoms with Crippen LogP contribution in [0.25, 0.3) is 98.8 Å². The van der Waals surface area contributed by atoms with Crippen LogP contribution in [-0.4, -0.2) is 0 Å². The van der Waals surface area contributed by atoms with Crippen LogP contribution < -0.4 is 0 Å². The van der Waals surface area contributed by atoms with Crippen LogP contribution in [-0.2, 0) is 5.41 Å². The van der Waals surface area contributed by atoms with E-state index in [1.807, 2.05) is 0 Å². The Kier molecular flexibility index (Phi) is 6.08. The van der Waals surface area contributed by atoms with Crippen molar-refractivity contribution in [3.05, 3.63) is 181 Å². The molecule has 0 N–H and O–H groups in total. The molecule has 0 amide bonds. The highest BCUT2D eigenvalue weighted by Gasteiger charge is 2.38. The first-order valence-corrected chi connectivity index (χ1v) is 18.2. The molecule has 0 unspecified atom stereocenters. The van der Waals surface area contributed by atoms with E-state index in [1.165, 1.54) is 98.7 Å². The summed E-state index contributed by atoms with van der Waals surface area (Å²) in [4.78, 5) is 0. The summed E-state index contributed by atoms with van der Waals surface area (Å²) >= 11 is 0. The smallest absolute Gasteiger partial charge is 0.143 e. The minimum absolute atomic E-state index is 0.173. The number of fused-ring (bicyclic) bond motifs is 11. The van der Waals surface area contributed by atoms with Crippen molar-refractivity contribution in [3.63, 3.8) is 0 Å². The van der Waals surface area contributed by atoms with Gasteiger partial charge in [-0.3, -0.25) is 0 Å². The van der Waals surface area contributed by atoms with Crippen LogP contribution in [0.1, 0.15) is 25.0 Å². The molecule has 1 heterocycles. The summed E-state index contributed by atoms with van der Waals surface area (Å²) in [6.07, 6.45) is 0. The zero-order valence-electron chi connectivity index (χ0n) is 29.1. The van der Waals surface area contributed by atoms with Crippen molar-refractivity contribution < 1.29 is 4.42 Å². The Balaban J connectivity index is 1.09. The largest absolute Gasteiger partial charge is 0.455 e. The normalized spacial score (nSPS) is 13.3. The third kappa shape index (κ3) is 4.05. The van der Waals surface area contributed by atoms with Crippen molar-refractivity contribution in [2.75, 3.05) is 0 Å². The van der Waals surface area contributed by atoms with Crippen LogP contribution >= 0.6 is 0 Å². The lowest BCUT2D eigenvalue weighted by Gasteiger charge is -2.22. The molecule has 0 atom stereocenters. The average molecular weight is 663 g/mol. The quantitative estimate of drug-likeness (QED) is 0.172. The molecule has 1 nitrogen and oxygen atoms in total. The summed E-state index contributed by atoms with van der Waals surface area (Å²) in [5.74, 6) is 0. The molecule has 0 aliphatic heterocycles. The van der Waals surface area contributed by atoms with Gasteiger partial charge in [0.05, 0.1) is 0 Å². The Morgan fingerprint density at radius 2 is 0.981 bits per heavy atom. The number of rotatable bonds is 3. The maximum Gasteiger partial charge on any atom is 0.143 e. The Labute approximate surface area is 302 Å². The summed E-state index contributed by atoms with van der Waals surface area (Å²) in [6.45, 7) is 4.71. The van der Waals surface area contributed by atoms with Gasteiger partial charge in [0.1, 0.15) is 11.2 Å². The monoisotopic (exact) mass is 662 g/mol. The lowest BCUT2D eigenvalue weighted by molar-refractivity contribution is 0.653. The van der Waals surface area contributed by atoms with E-state index >= 15 is 0 Å². The van der Waals surface area contributed by atoms with Gasteiger partial charge >= 0.3 is 0 Å². The molecule has 11 rings (SSSR count). The molecule has 0 spiro atoms. The van der Waals surface area contributed by atoms with Crippen LogP contribution in [0.5, 0.6) is 0 Å². The predicted molar refractivity (Wildman–Crippen MR) is 220 cm³/mol. The Morgan fingerprint density at radius 1 is 0.385 bits per heavy atom. The third-order valence-corrected chi connectivity index (χ3v) is 11.6. The molecule has 1 aliphatic carbocycles. The minimum atomic E-state index is -0.173. The zero-order chi connectivity index (χ0) is 34.6. The number of benzene rings is 9. The molecule has 1 heteroatoms. The van der Waals surface area contributed by atoms with E-state index in [4.69, 9.17) is 4.42 Å². The van der Waals surface area contributed by atoms with Crippen LogP contribution in [0.2, 0.25) is 0 Å². The van der Waals surface area contributed by atoms with Crippen molar-refractivity contribution in [3.8, 4) is 44.5 Å². The zero-order valence-corrected chi connectivity index (χ0v) is 29.1. The van der Waals surface area contributed by atoms with E-state index in [0.717, 1.165) is 11.2 Å². The van der Waals surface area contributed by atoms with Crippen molar-refractivity contribution in [2.45, 2.75) is 19.3 Å². The molecule has 1 aliphatic rings. The molecular weight excluding hydrogens is 629 g/mol. The van der Waals surface area contributed by atoms with E-state index in [-0.39, 0.29) is 5.41 Å². The van der Waals surface area contributed by atoms with Crippen molar-refractivity contribution in [1.29, 1.82) is 0 Å². The Hall–Kier alpha value is -6.44. The lowest BCUT2D eigenvalue weighted by atomic mass is 9.81. The fourth-order valence-corrected chi connectivity index (χ4v) is 9.21. The molecule has 244 valence electrons. The predicted octanol–water partition coefficient (Wildman–Crippen LogP) is 14.4. The highest BCUT2D eigenvalue weighted by atomic mass is 16.3. The number of hydrogen-bond donors (Lipinski definition) is 0. The Bertz CT molecular complexity index is 3030. The first-order chi connectivity index (χ1) is 25.6. The highest BCUT2D eigenvalue weighted by Crippen LogP contribution is 2.54. The van der Waals surface area contributed by atoms with Crippen molar-refractivity contribution >= 4 is 54.3 Å².